The van der Waals surface area contributed by atoms with Crippen molar-refractivity contribution in [1.29, 1.82) is 0 Å². The molecule has 0 aromatic carbocycles. The third-order valence-electron chi connectivity index (χ3n) is 4.72. The van der Waals surface area contributed by atoms with Crippen LogP contribution < -0.4 is 0 Å². The SMILES string of the molecule is CCCCCCCCCC(O)C(C)(C)N1CCOCC1. The number of hydrogen-bond donors (Lipinski definition) is 1. The maximum absolute atomic E-state index is 10.5. The molecule has 1 aliphatic heterocycles. The molecule has 1 atom stereocenters. The maximum Gasteiger partial charge on any atom is 0.0718 e. The average Bonchev–Trinajstić information content (AvgIpc) is 2.47. The molecule has 1 heterocycles. The van der Waals surface area contributed by atoms with Crippen LogP contribution in [0.15, 0.2) is 0 Å². The van der Waals surface area contributed by atoms with Gasteiger partial charge in [-0.3, -0.25) is 4.90 Å². The van der Waals surface area contributed by atoms with E-state index in [9.17, 15) is 5.11 Å². The Morgan fingerprint density at radius 1 is 1.00 bits per heavy atom. The summed E-state index contributed by atoms with van der Waals surface area (Å²) in [6.45, 7) is 10.1. The Balaban J connectivity index is 2.15. The van der Waals surface area contributed by atoms with Gasteiger partial charge in [-0.1, -0.05) is 51.9 Å². The Labute approximate surface area is 125 Å². The average molecular weight is 285 g/mol. The zero-order valence-corrected chi connectivity index (χ0v) is 13.9. The quantitative estimate of drug-likeness (QED) is 0.623. The minimum atomic E-state index is -0.226. The molecule has 1 unspecified atom stereocenters. The first-order valence-corrected chi connectivity index (χ1v) is 8.60. The second-order valence-corrected chi connectivity index (χ2v) is 6.68. The van der Waals surface area contributed by atoms with Crippen LogP contribution in [0.1, 0.15) is 72.1 Å². The molecule has 0 aromatic heterocycles. The summed E-state index contributed by atoms with van der Waals surface area (Å²) in [7, 11) is 0. The van der Waals surface area contributed by atoms with E-state index >= 15 is 0 Å². The normalized spacial score (nSPS) is 19.2. The van der Waals surface area contributed by atoms with E-state index < -0.39 is 0 Å². The van der Waals surface area contributed by atoms with Gasteiger partial charge in [0.15, 0.2) is 0 Å². The van der Waals surface area contributed by atoms with E-state index in [2.05, 4.69) is 25.7 Å². The highest BCUT2D eigenvalue weighted by Crippen LogP contribution is 2.24. The van der Waals surface area contributed by atoms with E-state index in [1.165, 1.54) is 38.5 Å². The maximum atomic E-state index is 10.5. The molecule has 20 heavy (non-hydrogen) atoms. The first kappa shape index (κ1) is 17.9. The fourth-order valence-corrected chi connectivity index (χ4v) is 3.00. The molecule has 0 aliphatic carbocycles. The molecule has 0 aromatic rings. The third-order valence-corrected chi connectivity index (χ3v) is 4.72. The fourth-order valence-electron chi connectivity index (χ4n) is 3.00. The molecule has 0 saturated carbocycles. The Morgan fingerprint density at radius 3 is 2.15 bits per heavy atom. The van der Waals surface area contributed by atoms with Gasteiger partial charge in [-0.05, 0) is 20.3 Å². The second-order valence-electron chi connectivity index (χ2n) is 6.68. The van der Waals surface area contributed by atoms with E-state index in [1.807, 2.05) is 0 Å². The molecule has 0 radical (unpaired) electrons. The number of ether oxygens (including phenoxy) is 1. The molecule has 1 fully saturated rings. The highest BCUT2D eigenvalue weighted by molar-refractivity contribution is 4.89. The summed E-state index contributed by atoms with van der Waals surface area (Å²) in [5.41, 5.74) is -0.119. The van der Waals surface area contributed by atoms with Gasteiger partial charge in [0.2, 0.25) is 0 Å². The van der Waals surface area contributed by atoms with Crippen molar-refractivity contribution in [3.05, 3.63) is 0 Å². The van der Waals surface area contributed by atoms with Gasteiger partial charge in [0.05, 0.1) is 19.3 Å². The van der Waals surface area contributed by atoms with Crippen molar-refractivity contribution >= 4 is 0 Å². The first-order chi connectivity index (χ1) is 9.59. The van der Waals surface area contributed by atoms with Crippen LogP contribution in [-0.2, 0) is 4.74 Å². The lowest BCUT2D eigenvalue weighted by atomic mass is 9.90. The number of aliphatic hydroxyl groups excluding tert-OH is 1. The van der Waals surface area contributed by atoms with Crippen LogP contribution in [-0.4, -0.2) is 48.0 Å². The molecule has 1 aliphatic rings. The largest absolute Gasteiger partial charge is 0.391 e. The Morgan fingerprint density at radius 2 is 1.55 bits per heavy atom. The van der Waals surface area contributed by atoms with Crippen molar-refractivity contribution in [1.82, 2.24) is 4.90 Å². The molecule has 0 bridgehead atoms. The zero-order valence-electron chi connectivity index (χ0n) is 13.9. The van der Waals surface area contributed by atoms with Gasteiger partial charge >= 0.3 is 0 Å². The Bertz CT molecular complexity index is 237. The molecule has 3 nitrogen and oxygen atoms in total. The first-order valence-electron chi connectivity index (χ1n) is 8.60. The second kappa shape index (κ2) is 9.75. The van der Waals surface area contributed by atoms with Crippen LogP contribution in [0.25, 0.3) is 0 Å². The zero-order chi connectivity index (χ0) is 14.8. The fraction of sp³-hybridized carbons (Fsp3) is 1.00. The standard InChI is InChI=1S/C17H35NO2/c1-4-5-6-7-8-9-10-11-16(19)17(2,3)18-12-14-20-15-13-18/h16,19H,4-15H2,1-3H3. The molecule has 1 rings (SSSR count). The molecule has 3 heteroatoms. The summed E-state index contributed by atoms with van der Waals surface area (Å²) in [6.07, 6.45) is 9.86. The van der Waals surface area contributed by atoms with E-state index in [4.69, 9.17) is 4.74 Å². The molecule has 0 spiro atoms. The van der Waals surface area contributed by atoms with Crippen LogP contribution in [0.2, 0.25) is 0 Å². The highest BCUT2D eigenvalue weighted by Gasteiger charge is 2.34. The van der Waals surface area contributed by atoms with Crippen molar-refractivity contribution in [2.75, 3.05) is 26.3 Å². The Kier molecular flexibility index (Phi) is 8.74. The lowest BCUT2D eigenvalue weighted by Gasteiger charge is -2.43. The lowest BCUT2D eigenvalue weighted by Crippen LogP contribution is -2.56. The van der Waals surface area contributed by atoms with Crippen molar-refractivity contribution in [3.63, 3.8) is 0 Å². The van der Waals surface area contributed by atoms with Crippen LogP contribution >= 0.6 is 0 Å². The van der Waals surface area contributed by atoms with Gasteiger partial charge < -0.3 is 9.84 Å². The van der Waals surface area contributed by atoms with Gasteiger partial charge in [0.1, 0.15) is 0 Å². The van der Waals surface area contributed by atoms with Gasteiger partial charge in [-0.25, -0.2) is 0 Å². The minimum Gasteiger partial charge on any atom is -0.391 e. The van der Waals surface area contributed by atoms with Crippen molar-refractivity contribution in [2.45, 2.75) is 83.8 Å². The molecular formula is C17H35NO2. The topological polar surface area (TPSA) is 32.7 Å². The predicted molar refractivity (Wildman–Crippen MR) is 85.1 cm³/mol. The van der Waals surface area contributed by atoms with Crippen LogP contribution in [0.4, 0.5) is 0 Å². The van der Waals surface area contributed by atoms with E-state index in [0.29, 0.717) is 0 Å². The molecular weight excluding hydrogens is 250 g/mol. The van der Waals surface area contributed by atoms with Crippen LogP contribution in [0, 0.1) is 0 Å². The number of rotatable bonds is 10. The number of unbranched alkanes of at least 4 members (excludes halogenated alkanes) is 6. The summed E-state index contributed by atoms with van der Waals surface area (Å²) < 4.78 is 5.40. The molecule has 0 amide bonds. The van der Waals surface area contributed by atoms with Crippen molar-refractivity contribution in [2.24, 2.45) is 0 Å². The number of aliphatic hydroxyl groups is 1. The predicted octanol–water partition coefficient (Wildman–Crippen LogP) is 3.60. The summed E-state index contributed by atoms with van der Waals surface area (Å²) in [6, 6.07) is 0. The van der Waals surface area contributed by atoms with Crippen LogP contribution in [0.3, 0.4) is 0 Å². The number of hydrogen-bond acceptors (Lipinski definition) is 3. The summed E-state index contributed by atoms with van der Waals surface area (Å²) in [5, 5.41) is 10.5. The van der Waals surface area contributed by atoms with Gasteiger partial charge in [0.25, 0.3) is 0 Å². The van der Waals surface area contributed by atoms with Gasteiger partial charge in [-0.15, -0.1) is 0 Å². The summed E-state index contributed by atoms with van der Waals surface area (Å²) in [5.74, 6) is 0. The highest BCUT2D eigenvalue weighted by atomic mass is 16.5. The summed E-state index contributed by atoms with van der Waals surface area (Å²) >= 11 is 0. The molecule has 1 N–H and O–H groups in total. The Hall–Kier alpha value is -0.120. The monoisotopic (exact) mass is 285 g/mol. The minimum absolute atomic E-state index is 0.119. The van der Waals surface area contributed by atoms with Gasteiger partial charge in [-0.2, -0.15) is 0 Å². The van der Waals surface area contributed by atoms with Crippen LogP contribution in [0.5, 0.6) is 0 Å². The smallest absolute Gasteiger partial charge is 0.0718 e. The van der Waals surface area contributed by atoms with E-state index in [1.54, 1.807) is 0 Å². The number of morpholine rings is 1. The number of nitrogens with zero attached hydrogens (tertiary/aromatic N) is 1. The van der Waals surface area contributed by atoms with Crippen molar-refractivity contribution in [3.8, 4) is 0 Å². The molecule has 1 saturated heterocycles. The van der Waals surface area contributed by atoms with Gasteiger partial charge in [0, 0.05) is 18.6 Å². The molecule has 120 valence electrons. The lowest BCUT2D eigenvalue weighted by molar-refractivity contribution is -0.0643. The summed E-state index contributed by atoms with van der Waals surface area (Å²) in [4.78, 5) is 2.38. The third kappa shape index (κ3) is 6.11. The van der Waals surface area contributed by atoms with E-state index in [0.717, 1.165) is 39.1 Å². The van der Waals surface area contributed by atoms with E-state index in [-0.39, 0.29) is 11.6 Å². The van der Waals surface area contributed by atoms with Crippen molar-refractivity contribution < 1.29 is 9.84 Å².